The normalized spacial score (nSPS) is 12.9. The summed E-state index contributed by atoms with van der Waals surface area (Å²) < 4.78 is 1.92. The van der Waals surface area contributed by atoms with Gasteiger partial charge in [-0.3, -0.25) is 16.0 Å². The molecule has 20 heavy (non-hydrogen) atoms. The van der Waals surface area contributed by atoms with Crippen LogP contribution >= 0.6 is 11.6 Å². The Balaban J connectivity index is 2.28. The number of benzene rings is 1. The van der Waals surface area contributed by atoms with Crippen molar-refractivity contribution in [2.24, 2.45) is 5.84 Å². The van der Waals surface area contributed by atoms with Gasteiger partial charge in [0.2, 0.25) is 0 Å². The van der Waals surface area contributed by atoms with E-state index in [0.29, 0.717) is 5.02 Å². The van der Waals surface area contributed by atoms with Crippen molar-refractivity contribution in [3.05, 3.63) is 52.3 Å². The third kappa shape index (κ3) is 3.20. The molecule has 2 rings (SSSR count). The van der Waals surface area contributed by atoms with Crippen LogP contribution in [0.15, 0.2) is 30.5 Å². The fourth-order valence-electron chi connectivity index (χ4n) is 2.28. The summed E-state index contributed by atoms with van der Waals surface area (Å²) in [5.41, 5.74) is 6.25. The van der Waals surface area contributed by atoms with Crippen LogP contribution < -0.4 is 11.3 Å². The second-order valence-electron chi connectivity index (χ2n) is 5.33. The standard InChI is InChI=1S/C15H21ClN4/c1-10(2)20-15(13(16)9-18-20)14(19-17)8-12-6-4-11(3)5-7-12/h4-7,9-10,14,19H,8,17H2,1-3H3. The van der Waals surface area contributed by atoms with Crippen LogP contribution in [-0.4, -0.2) is 9.78 Å². The highest BCUT2D eigenvalue weighted by Crippen LogP contribution is 2.27. The van der Waals surface area contributed by atoms with Crippen molar-refractivity contribution in [3.8, 4) is 0 Å². The molecule has 4 nitrogen and oxygen atoms in total. The Kier molecular flexibility index (Phi) is 4.81. The van der Waals surface area contributed by atoms with Crippen LogP contribution in [0, 0.1) is 6.92 Å². The quantitative estimate of drug-likeness (QED) is 0.657. The zero-order valence-corrected chi connectivity index (χ0v) is 12.9. The second-order valence-corrected chi connectivity index (χ2v) is 5.73. The first-order valence-electron chi connectivity index (χ1n) is 6.77. The van der Waals surface area contributed by atoms with Gasteiger partial charge in [-0.15, -0.1) is 0 Å². The van der Waals surface area contributed by atoms with Crippen LogP contribution in [0.25, 0.3) is 0 Å². The smallest absolute Gasteiger partial charge is 0.0834 e. The molecule has 108 valence electrons. The summed E-state index contributed by atoms with van der Waals surface area (Å²) in [6, 6.07) is 8.61. The maximum atomic E-state index is 6.28. The Labute approximate surface area is 124 Å². The molecule has 5 heteroatoms. The number of nitrogens with one attached hydrogen (secondary N) is 1. The summed E-state index contributed by atoms with van der Waals surface area (Å²) in [5, 5.41) is 4.98. The molecule has 0 radical (unpaired) electrons. The molecule has 3 N–H and O–H groups in total. The Morgan fingerprint density at radius 2 is 1.95 bits per heavy atom. The van der Waals surface area contributed by atoms with Gasteiger partial charge in [0, 0.05) is 6.04 Å². The molecule has 0 aliphatic carbocycles. The summed E-state index contributed by atoms with van der Waals surface area (Å²) >= 11 is 6.28. The average Bonchev–Trinajstić information content (AvgIpc) is 2.80. The van der Waals surface area contributed by atoms with Gasteiger partial charge in [0.1, 0.15) is 0 Å². The molecule has 2 aromatic rings. The molecule has 0 aliphatic heterocycles. The number of aromatic nitrogens is 2. The van der Waals surface area contributed by atoms with E-state index in [2.05, 4.69) is 55.6 Å². The van der Waals surface area contributed by atoms with Gasteiger partial charge in [-0.25, -0.2) is 0 Å². The number of rotatable bonds is 5. The lowest BCUT2D eigenvalue weighted by Gasteiger charge is -2.20. The van der Waals surface area contributed by atoms with Crippen molar-refractivity contribution in [3.63, 3.8) is 0 Å². The largest absolute Gasteiger partial charge is 0.271 e. The maximum absolute atomic E-state index is 6.28. The number of hydrazine groups is 1. The second kappa shape index (κ2) is 6.39. The third-order valence-corrected chi connectivity index (χ3v) is 3.66. The predicted molar refractivity (Wildman–Crippen MR) is 82.6 cm³/mol. The zero-order chi connectivity index (χ0) is 14.7. The van der Waals surface area contributed by atoms with Gasteiger partial charge >= 0.3 is 0 Å². The highest BCUT2D eigenvalue weighted by atomic mass is 35.5. The van der Waals surface area contributed by atoms with Crippen LogP contribution in [0.5, 0.6) is 0 Å². The summed E-state index contributed by atoms with van der Waals surface area (Å²) in [5.74, 6) is 5.73. The van der Waals surface area contributed by atoms with Gasteiger partial charge in [-0.2, -0.15) is 5.10 Å². The lowest BCUT2D eigenvalue weighted by Crippen LogP contribution is -2.32. The lowest BCUT2D eigenvalue weighted by molar-refractivity contribution is 0.448. The fraction of sp³-hybridized carbons (Fsp3) is 0.400. The van der Waals surface area contributed by atoms with E-state index in [4.69, 9.17) is 17.4 Å². The number of hydrogen-bond donors (Lipinski definition) is 2. The highest BCUT2D eigenvalue weighted by molar-refractivity contribution is 6.31. The molecule has 1 aromatic heterocycles. The van der Waals surface area contributed by atoms with Crippen molar-refractivity contribution in [2.75, 3.05) is 0 Å². The molecule has 0 bridgehead atoms. The molecule has 1 unspecified atom stereocenters. The van der Waals surface area contributed by atoms with E-state index >= 15 is 0 Å². The summed E-state index contributed by atoms with van der Waals surface area (Å²) in [6.07, 6.45) is 2.45. The molecule has 1 heterocycles. The van der Waals surface area contributed by atoms with E-state index in [1.54, 1.807) is 6.20 Å². The Morgan fingerprint density at radius 3 is 2.50 bits per heavy atom. The van der Waals surface area contributed by atoms with Crippen LogP contribution in [0.3, 0.4) is 0 Å². The predicted octanol–water partition coefficient (Wildman–Crippen LogP) is 3.17. The molecule has 1 atom stereocenters. The molecular formula is C15H21ClN4. The van der Waals surface area contributed by atoms with E-state index in [1.165, 1.54) is 11.1 Å². The van der Waals surface area contributed by atoms with Crippen LogP contribution in [0.1, 0.15) is 42.8 Å². The van der Waals surface area contributed by atoms with Gasteiger partial charge in [-0.1, -0.05) is 41.4 Å². The van der Waals surface area contributed by atoms with Gasteiger partial charge in [-0.05, 0) is 32.8 Å². The lowest BCUT2D eigenvalue weighted by atomic mass is 10.0. The minimum Gasteiger partial charge on any atom is -0.271 e. The summed E-state index contributed by atoms with van der Waals surface area (Å²) in [6.45, 7) is 6.23. The third-order valence-electron chi connectivity index (χ3n) is 3.37. The Bertz CT molecular complexity index is 560. The van der Waals surface area contributed by atoms with E-state index in [-0.39, 0.29) is 12.1 Å². The van der Waals surface area contributed by atoms with E-state index in [0.717, 1.165) is 12.1 Å². The number of aryl methyl sites for hydroxylation is 1. The number of nitrogens with two attached hydrogens (primary N) is 1. The van der Waals surface area contributed by atoms with Crippen LogP contribution in [-0.2, 0) is 6.42 Å². The number of hydrogen-bond acceptors (Lipinski definition) is 3. The molecule has 0 spiro atoms. The van der Waals surface area contributed by atoms with E-state index in [9.17, 15) is 0 Å². The van der Waals surface area contributed by atoms with Crippen molar-refractivity contribution in [1.29, 1.82) is 0 Å². The minimum atomic E-state index is -0.0601. The fourth-order valence-corrected chi connectivity index (χ4v) is 2.54. The Morgan fingerprint density at radius 1 is 1.30 bits per heavy atom. The molecule has 0 aliphatic rings. The topological polar surface area (TPSA) is 55.9 Å². The van der Waals surface area contributed by atoms with E-state index in [1.807, 2.05) is 4.68 Å². The molecule has 0 saturated carbocycles. The highest BCUT2D eigenvalue weighted by Gasteiger charge is 2.21. The van der Waals surface area contributed by atoms with Crippen LogP contribution in [0.2, 0.25) is 5.02 Å². The number of nitrogens with zero attached hydrogens (tertiary/aromatic N) is 2. The van der Waals surface area contributed by atoms with Crippen molar-refractivity contribution in [1.82, 2.24) is 15.2 Å². The maximum Gasteiger partial charge on any atom is 0.0834 e. The summed E-state index contributed by atoms with van der Waals surface area (Å²) in [7, 11) is 0. The monoisotopic (exact) mass is 292 g/mol. The Hall–Kier alpha value is -1.36. The zero-order valence-electron chi connectivity index (χ0n) is 12.1. The van der Waals surface area contributed by atoms with Crippen molar-refractivity contribution >= 4 is 11.6 Å². The van der Waals surface area contributed by atoms with E-state index < -0.39 is 0 Å². The summed E-state index contributed by atoms with van der Waals surface area (Å²) in [4.78, 5) is 0. The van der Waals surface area contributed by atoms with Crippen molar-refractivity contribution in [2.45, 2.75) is 39.3 Å². The average molecular weight is 293 g/mol. The molecule has 0 amide bonds. The molecule has 0 saturated heterocycles. The number of halogens is 1. The molecule has 1 aromatic carbocycles. The van der Waals surface area contributed by atoms with Gasteiger partial charge < -0.3 is 0 Å². The first-order valence-corrected chi connectivity index (χ1v) is 7.15. The SMILES string of the molecule is Cc1ccc(CC(NN)c2c(Cl)cnn2C(C)C)cc1. The van der Waals surface area contributed by atoms with Gasteiger partial charge in [0.25, 0.3) is 0 Å². The first kappa shape index (κ1) is 15.0. The molecular weight excluding hydrogens is 272 g/mol. The first-order chi connectivity index (χ1) is 9.52. The van der Waals surface area contributed by atoms with Crippen LogP contribution in [0.4, 0.5) is 0 Å². The van der Waals surface area contributed by atoms with Crippen molar-refractivity contribution < 1.29 is 0 Å². The van der Waals surface area contributed by atoms with Gasteiger partial charge in [0.05, 0.1) is 23.0 Å². The van der Waals surface area contributed by atoms with Gasteiger partial charge in [0.15, 0.2) is 0 Å². The molecule has 0 fully saturated rings. The minimum absolute atomic E-state index is 0.0601.